The smallest absolute Gasteiger partial charge is 0.408 e. The number of anilines is 1. The number of aromatic carboxylic acids is 1. The minimum absolute atomic E-state index is 0.0823. The van der Waals surface area contributed by atoms with Crippen molar-refractivity contribution in [2.45, 2.75) is 58.7 Å². The third-order valence-corrected chi connectivity index (χ3v) is 5.02. The second-order valence-corrected chi connectivity index (χ2v) is 8.68. The highest BCUT2D eigenvalue weighted by molar-refractivity contribution is 5.94. The average Bonchev–Trinajstić information content (AvgIpc) is 2.66. The van der Waals surface area contributed by atoms with Crippen molar-refractivity contribution in [1.29, 1.82) is 0 Å². The van der Waals surface area contributed by atoms with Gasteiger partial charge in [-0.05, 0) is 63.9 Å². The maximum Gasteiger partial charge on any atom is 0.408 e. The second-order valence-electron chi connectivity index (χ2n) is 8.68. The third-order valence-electron chi connectivity index (χ3n) is 5.02. The first-order valence-electron chi connectivity index (χ1n) is 10.1. The molecule has 1 aliphatic rings. The minimum atomic E-state index is -1.04. The summed E-state index contributed by atoms with van der Waals surface area (Å²) < 4.78 is 5.42. The fourth-order valence-electron chi connectivity index (χ4n) is 3.78. The van der Waals surface area contributed by atoms with Gasteiger partial charge in [-0.1, -0.05) is 6.07 Å². The molecule has 2 heterocycles. The van der Waals surface area contributed by atoms with Gasteiger partial charge >= 0.3 is 12.1 Å². The molecular weight excluding hydrogens is 398 g/mol. The summed E-state index contributed by atoms with van der Waals surface area (Å²) in [6.45, 7) is 8.85. The SMILES string of the molecule is CC(=O)N1c2ccc(-c3ccc(C(=O)O)cn3)cc2[C@H](NC(=O)OC(C)(C)C)C[C@@H]1C. The number of hydrogen-bond donors (Lipinski definition) is 2. The highest BCUT2D eigenvalue weighted by Gasteiger charge is 2.34. The van der Waals surface area contributed by atoms with Crippen molar-refractivity contribution in [2.24, 2.45) is 0 Å². The standard InChI is InChI=1S/C23H27N3O5/c1-13-10-19(25-22(30)31-23(3,4)5)17-11-15(7-9-20(17)26(13)14(2)27)18-8-6-16(12-24-18)21(28)29/h6-9,11-13,19H,10H2,1-5H3,(H,25,30)(H,28,29)/t13-,19+/m0/s1. The molecule has 0 saturated heterocycles. The molecule has 0 unspecified atom stereocenters. The fraction of sp³-hybridized carbons (Fsp3) is 0.391. The highest BCUT2D eigenvalue weighted by atomic mass is 16.6. The van der Waals surface area contributed by atoms with Gasteiger partial charge in [0.25, 0.3) is 0 Å². The Bertz CT molecular complexity index is 1010. The van der Waals surface area contributed by atoms with Gasteiger partial charge in [0.15, 0.2) is 0 Å². The highest BCUT2D eigenvalue weighted by Crippen LogP contribution is 2.39. The van der Waals surface area contributed by atoms with Crippen LogP contribution in [0, 0.1) is 0 Å². The van der Waals surface area contributed by atoms with Crippen LogP contribution in [0.4, 0.5) is 10.5 Å². The van der Waals surface area contributed by atoms with Gasteiger partial charge in [-0.25, -0.2) is 9.59 Å². The van der Waals surface area contributed by atoms with Crippen molar-refractivity contribution in [2.75, 3.05) is 4.90 Å². The molecule has 0 aliphatic carbocycles. The molecule has 2 amide bonds. The predicted molar refractivity (Wildman–Crippen MR) is 116 cm³/mol. The molecule has 164 valence electrons. The summed E-state index contributed by atoms with van der Waals surface area (Å²) in [5, 5.41) is 12.0. The maximum absolute atomic E-state index is 12.4. The number of nitrogens with zero attached hydrogens (tertiary/aromatic N) is 2. The molecule has 1 aromatic heterocycles. The molecule has 8 nitrogen and oxygen atoms in total. The number of ether oxygens (including phenoxy) is 1. The lowest BCUT2D eigenvalue weighted by molar-refractivity contribution is -0.117. The molecule has 2 atom stereocenters. The van der Waals surface area contributed by atoms with Crippen LogP contribution in [0.25, 0.3) is 11.3 Å². The van der Waals surface area contributed by atoms with E-state index in [2.05, 4.69) is 10.3 Å². The molecule has 0 fully saturated rings. The number of benzene rings is 1. The van der Waals surface area contributed by atoms with Gasteiger partial charge < -0.3 is 20.1 Å². The van der Waals surface area contributed by atoms with Crippen LogP contribution in [-0.2, 0) is 9.53 Å². The zero-order valence-electron chi connectivity index (χ0n) is 18.3. The normalized spacial score (nSPS) is 18.2. The van der Waals surface area contributed by atoms with E-state index in [1.807, 2.05) is 25.1 Å². The Morgan fingerprint density at radius 1 is 1.19 bits per heavy atom. The van der Waals surface area contributed by atoms with Crippen LogP contribution in [0.2, 0.25) is 0 Å². The first-order valence-corrected chi connectivity index (χ1v) is 10.1. The zero-order valence-corrected chi connectivity index (χ0v) is 18.3. The molecule has 0 saturated carbocycles. The number of carbonyl (C=O) groups excluding carboxylic acids is 2. The van der Waals surface area contributed by atoms with Crippen LogP contribution in [-0.4, -0.2) is 39.7 Å². The van der Waals surface area contributed by atoms with E-state index in [9.17, 15) is 14.4 Å². The quantitative estimate of drug-likeness (QED) is 0.764. The predicted octanol–water partition coefficient (Wildman–Crippen LogP) is 4.16. The van der Waals surface area contributed by atoms with E-state index < -0.39 is 17.7 Å². The topological polar surface area (TPSA) is 109 Å². The Hall–Kier alpha value is -3.42. The second kappa shape index (κ2) is 8.37. The number of amides is 2. The summed E-state index contributed by atoms with van der Waals surface area (Å²) in [7, 11) is 0. The molecule has 0 bridgehead atoms. The first kappa shape index (κ1) is 22.3. The molecule has 31 heavy (non-hydrogen) atoms. The maximum atomic E-state index is 12.4. The van der Waals surface area contributed by atoms with Gasteiger partial charge in [0.2, 0.25) is 5.91 Å². The molecular formula is C23H27N3O5. The van der Waals surface area contributed by atoms with E-state index in [0.29, 0.717) is 12.1 Å². The summed E-state index contributed by atoms with van der Waals surface area (Å²) in [4.78, 5) is 41.8. The van der Waals surface area contributed by atoms with E-state index >= 15 is 0 Å². The summed E-state index contributed by atoms with van der Waals surface area (Å²) in [5.41, 5.74) is 2.32. The Kier molecular flexibility index (Phi) is 6.01. The van der Waals surface area contributed by atoms with Crippen LogP contribution in [0.15, 0.2) is 36.5 Å². The Morgan fingerprint density at radius 2 is 1.90 bits per heavy atom. The van der Waals surface area contributed by atoms with Crippen molar-refractivity contribution in [3.05, 3.63) is 47.7 Å². The van der Waals surface area contributed by atoms with E-state index in [0.717, 1.165) is 16.8 Å². The van der Waals surface area contributed by atoms with Crippen molar-refractivity contribution in [3.8, 4) is 11.3 Å². The summed E-state index contributed by atoms with van der Waals surface area (Å²) in [6.07, 6.45) is 1.30. The van der Waals surface area contributed by atoms with Crippen LogP contribution in [0.5, 0.6) is 0 Å². The molecule has 0 radical (unpaired) electrons. The van der Waals surface area contributed by atoms with E-state index in [1.165, 1.54) is 19.2 Å². The summed E-state index contributed by atoms with van der Waals surface area (Å²) in [6, 6.07) is 8.21. The Balaban J connectivity index is 2.00. The monoisotopic (exact) mass is 425 g/mol. The number of carbonyl (C=O) groups is 3. The fourth-order valence-corrected chi connectivity index (χ4v) is 3.78. The number of fused-ring (bicyclic) bond motifs is 1. The van der Waals surface area contributed by atoms with Gasteiger partial charge in [-0.3, -0.25) is 9.78 Å². The van der Waals surface area contributed by atoms with Crippen molar-refractivity contribution >= 4 is 23.7 Å². The number of pyridine rings is 1. The van der Waals surface area contributed by atoms with Crippen LogP contribution >= 0.6 is 0 Å². The van der Waals surface area contributed by atoms with Crippen molar-refractivity contribution in [3.63, 3.8) is 0 Å². The van der Waals surface area contributed by atoms with E-state index in [-0.39, 0.29) is 23.6 Å². The van der Waals surface area contributed by atoms with Crippen LogP contribution < -0.4 is 10.2 Å². The lowest BCUT2D eigenvalue weighted by Crippen LogP contribution is -2.46. The van der Waals surface area contributed by atoms with E-state index in [1.54, 1.807) is 31.7 Å². The van der Waals surface area contributed by atoms with Gasteiger partial charge in [-0.15, -0.1) is 0 Å². The number of carboxylic acid groups (broad SMARTS) is 1. The van der Waals surface area contributed by atoms with E-state index in [4.69, 9.17) is 9.84 Å². The third kappa shape index (κ3) is 5.02. The van der Waals surface area contributed by atoms with Gasteiger partial charge in [0, 0.05) is 30.4 Å². The zero-order chi connectivity index (χ0) is 22.9. The van der Waals surface area contributed by atoms with Gasteiger partial charge in [0.1, 0.15) is 5.60 Å². The van der Waals surface area contributed by atoms with Crippen LogP contribution in [0.3, 0.4) is 0 Å². The number of alkyl carbamates (subject to hydrolysis) is 1. The molecule has 1 aromatic carbocycles. The Morgan fingerprint density at radius 3 is 2.45 bits per heavy atom. The lowest BCUT2D eigenvalue weighted by atomic mass is 9.89. The molecule has 0 spiro atoms. The van der Waals surface area contributed by atoms with Gasteiger partial charge in [-0.2, -0.15) is 0 Å². The van der Waals surface area contributed by atoms with Gasteiger partial charge in [0.05, 0.1) is 17.3 Å². The lowest BCUT2D eigenvalue weighted by Gasteiger charge is -2.39. The summed E-state index contributed by atoms with van der Waals surface area (Å²) in [5.74, 6) is -1.13. The number of nitrogens with one attached hydrogen (secondary N) is 1. The molecule has 3 rings (SSSR count). The number of aromatic nitrogens is 1. The molecule has 2 N–H and O–H groups in total. The first-order chi connectivity index (χ1) is 14.5. The van der Waals surface area contributed by atoms with Crippen LogP contribution in [0.1, 0.15) is 63.0 Å². The number of hydrogen-bond acceptors (Lipinski definition) is 5. The van der Waals surface area contributed by atoms with Crippen molar-refractivity contribution < 1.29 is 24.2 Å². The summed E-state index contributed by atoms with van der Waals surface area (Å²) >= 11 is 0. The number of rotatable bonds is 3. The molecule has 8 heteroatoms. The van der Waals surface area contributed by atoms with Crippen molar-refractivity contribution in [1.82, 2.24) is 10.3 Å². The molecule has 1 aliphatic heterocycles. The largest absolute Gasteiger partial charge is 0.478 e. The Labute approximate surface area is 181 Å². The molecule has 2 aromatic rings. The minimum Gasteiger partial charge on any atom is -0.478 e. The average molecular weight is 425 g/mol. The number of carboxylic acids is 1.